The molecule has 1 aromatic carbocycles. The summed E-state index contributed by atoms with van der Waals surface area (Å²) in [5, 5.41) is 3.01. The molecule has 1 saturated carbocycles. The molecule has 6 heteroatoms. The van der Waals surface area contributed by atoms with Crippen molar-refractivity contribution in [3.8, 4) is 11.3 Å². The summed E-state index contributed by atoms with van der Waals surface area (Å²) < 4.78 is 5.81. The van der Waals surface area contributed by atoms with Crippen LogP contribution in [0.1, 0.15) is 51.5 Å². The van der Waals surface area contributed by atoms with Gasteiger partial charge >= 0.3 is 0 Å². The SMILES string of the molecule is CC(NC(=O)C1CCCCC1(C)N)c1ncc(-c2ccccc2)o1.Cl. The first-order valence-corrected chi connectivity index (χ1v) is 8.58. The minimum Gasteiger partial charge on any atom is -0.438 e. The van der Waals surface area contributed by atoms with Gasteiger partial charge in [0.1, 0.15) is 6.04 Å². The van der Waals surface area contributed by atoms with E-state index >= 15 is 0 Å². The molecular weight excluding hydrogens is 338 g/mol. The van der Waals surface area contributed by atoms with E-state index in [0.29, 0.717) is 11.7 Å². The molecule has 0 bridgehead atoms. The first-order valence-electron chi connectivity index (χ1n) is 8.58. The second-order valence-corrected chi connectivity index (χ2v) is 6.96. The second-order valence-electron chi connectivity index (χ2n) is 6.96. The average molecular weight is 364 g/mol. The van der Waals surface area contributed by atoms with E-state index in [4.69, 9.17) is 10.2 Å². The Bertz CT molecular complexity index is 700. The Morgan fingerprint density at radius 3 is 2.76 bits per heavy atom. The van der Waals surface area contributed by atoms with Crippen LogP contribution in [0.3, 0.4) is 0 Å². The Hall–Kier alpha value is -1.85. The number of halogens is 1. The fraction of sp³-hybridized carbons (Fsp3) is 0.474. The van der Waals surface area contributed by atoms with Gasteiger partial charge < -0.3 is 15.5 Å². The molecule has 0 spiro atoms. The summed E-state index contributed by atoms with van der Waals surface area (Å²) in [6.45, 7) is 3.86. The molecule has 5 nitrogen and oxygen atoms in total. The van der Waals surface area contributed by atoms with Crippen molar-refractivity contribution in [2.75, 3.05) is 0 Å². The smallest absolute Gasteiger partial charge is 0.225 e. The molecule has 3 unspecified atom stereocenters. The van der Waals surface area contributed by atoms with Gasteiger partial charge in [-0.25, -0.2) is 4.98 Å². The molecule has 0 saturated heterocycles. The summed E-state index contributed by atoms with van der Waals surface area (Å²) in [5.41, 5.74) is 6.85. The topological polar surface area (TPSA) is 81.2 Å². The molecular formula is C19H26ClN3O2. The first-order chi connectivity index (χ1) is 11.5. The van der Waals surface area contributed by atoms with Crippen molar-refractivity contribution in [1.82, 2.24) is 10.3 Å². The van der Waals surface area contributed by atoms with Crippen molar-refractivity contribution < 1.29 is 9.21 Å². The van der Waals surface area contributed by atoms with Crippen LogP contribution >= 0.6 is 12.4 Å². The minimum atomic E-state index is -0.437. The highest BCUT2D eigenvalue weighted by Gasteiger charge is 2.38. The third-order valence-electron chi connectivity index (χ3n) is 4.88. The Morgan fingerprint density at radius 1 is 1.36 bits per heavy atom. The van der Waals surface area contributed by atoms with Crippen molar-refractivity contribution in [2.24, 2.45) is 11.7 Å². The number of amides is 1. The number of oxazole rings is 1. The number of aromatic nitrogens is 1. The van der Waals surface area contributed by atoms with E-state index in [9.17, 15) is 4.79 Å². The Kier molecular flexibility index (Phi) is 6.25. The van der Waals surface area contributed by atoms with E-state index in [2.05, 4.69) is 10.3 Å². The van der Waals surface area contributed by atoms with Gasteiger partial charge in [0.05, 0.1) is 12.1 Å². The molecule has 1 aliphatic carbocycles. The molecule has 1 amide bonds. The third kappa shape index (κ3) is 4.41. The van der Waals surface area contributed by atoms with Crippen LogP contribution in [0, 0.1) is 5.92 Å². The van der Waals surface area contributed by atoms with E-state index in [-0.39, 0.29) is 30.3 Å². The van der Waals surface area contributed by atoms with Crippen molar-refractivity contribution >= 4 is 18.3 Å². The fourth-order valence-corrected chi connectivity index (χ4v) is 3.39. The molecule has 0 radical (unpaired) electrons. The number of nitrogens with zero attached hydrogens (tertiary/aromatic N) is 1. The molecule has 3 N–H and O–H groups in total. The summed E-state index contributed by atoms with van der Waals surface area (Å²) in [4.78, 5) is 16.9. The molecule has 25 heavy (non-hydrogen) atoms. The number of nitrogens with two attached hydrogens (primary N) is 1. The van der Waals surface area contributed by atoms with Crippen LogP contribution < -0.4 is 11.1 Å². The summed E-state index contributed by atoms with van der Waals surface area (Å²) in [6.07, 6.45) is 5.56. The maximum absolute atomic E-state index is 12.6. The molecule has 2 aromatic rings. The fourth-order valence-electron chi connectivity index (χ4n) is 3.39. The van der Waals surface area contributed by atoms with Crippen molar-refractivity contribution in [3.05, 3.63) is 42.4 Å². The van der Waals surface area contributed by atoms with Gasteiger partial charge in [0, 0.05) is 11.1 Å². The largest absolute Gasteiger partial charge is 0.438 e. The standard InChI is InChI=1S/C19H25N3O2.ClH/c1-13(22-17(23)15-10-6-7-11-19(15,2)20)18-21-12-16(24-18)14-8-4-3-5-9-14;/h3-5,8-9,12-13,15H,6-7,10-11,20H2,1-2H3,(H,22,23);1H. The zero-order valence-electron chi connectivity index (χ0n) is 14.7. The van der Waals surface area contributed by atoms with E-state index in [1.54, 1.807) is 6.20 Å². The Balaban J connectivity index is 0.00000225. The van der Waals surface area contributed by atoms with Gasteiger partial charge in [0.15, 0.2) is 5.76 Å². The van der Waals surface area contributed by atoms with Crippen LogP contribution in [0.5, 0.6) is 0 Å². The lowest BCUT2D eigenvalue weighted by molar-refractivity contribution is -0.128. The summed E-state index contributed by atoms with van der Waals surface area (Å²) in [6, 6.07) is 9.51. The quantitative estimate of drug-likeness (QED) is 0.864. The number of nitrogens with one attached hydrogen (secondary N) is 1. The van der Waals surface area contributed by atoms with Crippen LogP contribution in [0.4, 0.5) is 0 Å². The molecule has 1 aromatic heterocycles. The van der Waals surface area contributed by atoms with Gasteiger partial charge in [-0.3, -0.25) is 4.79 Å². The van der Waals surface area contributed by atoms with Crippen molar-refractivity contribution in [2.45, 2.75) is 51.1 Å². The summed E-state index contributed by atoms with van der Waals surface area (Å²) in [7, 11) is 0. The zero-order chi connectivity index (χ0) is 17.2. The van der Waals surface area contributed by atoms with E-state index < -0.39 is 5.54 Å². The minimum absolute atomic E-state index is 0. The molecule has 0 aliphatic heterocycles. The highest BCUT2D eigenvalue weighted by Crippen LogP contribution is 2.32. The lowest BCUT2D eigenvalue weighted by atomic mass is 9.74. The van der Waals surface area contributed by atoms with Gasteiger partial charge in [-0.15, -0.1) is 12.4 Å². The monoisotopic (exact) mass is 363 g/mol. The lowest BCUT2D eigenvalue weighted by Gasteiger charge is -2.37. The highest BCUT2D eigenvalue weighted by molar-refractivity contribution is 5.85. The van der Waals surface area contributed by atoms with Gasteiger partial charge in [-0.2, -0.15) is 0 Å². The van der Waals surface area contributed by atoms with Crippen molar-refractivity contribution in [3.63, 3.8) is 0 Å². The normalized spacial score (nSPS) is 24.2. The molecule has 1 aliphatic rings. The molecule has 3 atom stereocenters. The average Bonchev–Trinajstić information content (AvgIpc) is 3.05. The number of carbonyl (C=O) groups excluding carboxylic acids is 1. The zero-order valence-corrected chi connectivity index (χ0v) is 15.5. The third-order valence-corrected chi connectivity index (χ3v) is 4.88. The molecule has 1 fully saturated rings. The van der Waals surface area contributed by atoms with Crippen LogP contribution in [-0.4, -0.2) is 16.4 Å². The molecule has 1 heterocycles. The van der Waals surface area contributed by atoms with E-state index in [1.807, 2.05) is 44.2 Å². The summed E-state index contributed by atoms with van der Waals surface area (Å²) in [5.74, 6) is 1.05. The number of hydrogen-bond acceptors (Lipinski definition) is 4. The van der Waals surface area contributed by atoms with E-state index in [0.717, 1.165) is 31.2 Å². The lowest BCUT2D eigenvalue weighted by Crippen LogP contribution is -2.53. The van der Waals surface area contributed by atoms with Gasteiger partial charge in [0.25, 0.3) is 0 Å². The predicted molar refractivity (Wildman–Crippen MR) is 100 cm³/mol. The Labute approximate surface area is 154 Å². The Morgan fingerprint density at radius 2 is 2.08 bits per heavy atom. The van der Waals surface area contributed by atoms with Crippen molar-refractivity contribution in [1.29, 1.82) is 0 Å². The van der Waals surface area contributed by atoms with Gasteiger partial charge in [-0.05, 0) is 26.7 Å². The maximum Gasteiger partial charge on any atom is 0.225 e. The van der Waals surface area contributed by atoms with Crippen LogP contribution in [0.15, 0.2) is 40.9 Å². The van der Waals surface area contributed by atoms with E-state index in [1.165, 1.54) is 0 Å². The first kappa shape index (κ1) is 19.5. The predicted octanol–water partition coefficient (Wildman–Crippen LogP) is 3.85. The number of rotatable bonds is 4. The van der Waals surface area contributed by atoms with Crippen LogP contribution in [0.25, 0.3) is 11.3 Å². The summed E-state index contributed by atoms with van der Waals surface area (Å²) >= 11 is 0. The number of hydrogen-bond donors (Lipinski definition) is 2. The van der Waals surface area contributed by atoms with Gasteiger partial charge in [-0.1, -0.05) is 43.2 Å². The highest BCUT2D eigenvalue weighted by atomic mass is 35.5. The van der Waals surface area contributed by atoms with Crippen LogP contribution in [-0.2, 0) is 4.79 Å². The molecule has 136 valence electrons. The number of benzene rings is 1. The number of carbonyl (C=O) groups is 1. The van der Waals surface area contributed by atoms with Gasteiger partial charge in [0.2, 0.25) is 11.8 Å². The second kappa shape index (κ2) is 8.02. The van der Waals surface area contributed by atoms with Crippen LogP contribution in [0.2, 0.25) is 0 Å². The maximum atomic E-state index is 12.6. The molecule has 3 rings (SSSR count).